The number of rotatable bonds is 0. The van der Waals surface area contributed by atoms with E-state index < -0.39 is 0 Å². The van der Waals surface area contributed by atoms with Crippen LogP contribution in [-0.2, 0) is 9.59 Å². The highest BCUT2D eigenvalue weighted by molar-refractivity contribution is 8.77. The van der Waals surface area contributed by atoms with Crippen molar-refractivity contribution in [1.82, 2.24) is 10.6 Å². The molecule has 0 bridgehead atoms. The fourth-order valence-corrected chi connectivity index (χ4v) is 2.42. The molecule has 1 rings (SSSR count). The Balaban J connectivity index is 2.29. The SMILES string of the molecule is O=C1CSSCC(=O)NCCN1. The molecule has 12 heavy (non-hydrogen) atoms. The van der Waals surface area contributed by atoms with E-state index in [1.807, 2.05) is 0 Å². The summed E-state index contributed by atoms with van der Waals surface area (Å²) in [6, 6.07) is 0. The van der Waals surface area contributed by atoms with Gasteiger partial charge in [0.15, 0.2) is 0 Å². The molecule has 2 N–H and O–H groups in total. The topological polar surface area (TPSA) is 58.2 Å². The van der Waals surface area contributed by atoms with Crippen LogP contribution in [0.4, 0.5) is 0 Å². The van der Waals surface area contributed by atoms with Crippen molar-refractivity contribution >= 4 is 33.4 Å². The summed E-state index contributed by atoms with van der Waals surface area (Å²) in [5, 5.41) is 5.37. The molecule has 0 atom stereocenters. The minimum atomic E-state index is 0.0312. The molecule has 0 aromatic carbocycles. The lowest BCUT2D eigenvalue weighted by Gasteiger charge is -2.09. The van der Waals surface area contributed by atoms with Gasteiger partial charge in [-0.2, -0.15) is 0 Å². The minimum absolute atomic E-state index is 0.0312. The molecule has 68 valence electrons. The molecule has 0 aromatic heterocycles. The molecule has 2 amide bonds. The van der Waals surface area contributed by atoms with Crippen molar-refractivity contribution < 1.29 is 9.59 Å². The second-order valence-corrected chi connectivity index (χ2v) is 4.69. The van der Waals surface area contributed by atoms with Crippen LogP contribution in [0.3, 0.4) is 0 Å². The fraction of sp³-hybridized carbons (Fsp3) is 0.667. The second-order valence-electron chi connectivity index (χ2n) is 2.22. The van der Waals surface area contributed by atoms with Gasteiger partial charge in [-0.3, -0.25) is 9.59 Å². The lowest BCUT2D eigenvalue weighted by molar-refractivity contribution is -0.120. The predicted octanol–water partition coefficient (Wildman–Crippen LogP) is -0.386. The van der Waals surface area contributed by atoms with Crippen LogP contribution >= 0.6 is 21.6 Å². The van der Waals surface area contributed by atoms with Crippen molar-refractivity contribution in [3.05, 3.63) is 0 Å². The van der Waals surface area contributed by atoms with Crippen LogP contribution in [0.25, 0.3) is 0 Å². The molecule has 0 unspecified atom stereocenters. The third-order valence-electron chi connectivity index (χ3n) is 1.23. The van der Waals surface area contributed by atoms with E-state index in [1.54, 1.807) is 0 Å². The molecule has 0 radical (unpaired) electrons. The number of hydrogen-bond donors (Lipinski definition) is 2. The van der Waals surface area contributed by atoms with Gasteiger partial charge >= 0.3 is 0 Å². The van der Waals surface area contributed by atoms with Gasteiger partial charge < -0.3 is 10.6 Å². The van der Waals surface area contributed by atoms with Gasteiger partial charge in [0.2, 0.25) is 11.8 Å². The maximum absolute atomic E-state index is 10.9. The van der Waals surface area contributed by atoms with Crippen LogP contribution in [-0.4, -0.2) is 36.4 Å². The molecule has 6 heteroatoms. The molecule has 1 saturated heterocycles. The van der Waals surface area contributed by atoms with E-state index in [0.717, 1.165) is 0 Å². The summed E-state index contributed by atoms with van der Waals surface area (Å²) in [6.45, 7) is 1.05. The summed E-state index contributed by atoms with van der Waals surface area (Å²) in [7, 11) is 2.81. The Morgan fingerprint density at radius 3 is 1.75 bits per heavy atom. The third-order valence-corrected chi connectivity index (χ3v) is 3.37. The third kappa shape index (κ3) is 3.87. The summed E-state index contributed by atoms with van der Waals surface area (Å²) in [5.74, 6) is 0.919. The zero-order valence-electron chi connectivity index (χ0n) is 6.46. The van der Waals surface area contributed by atoms with Crippen LogP contribution in [0.5, 0.6) is 0 Å². The van der Waals surface area contributed by atoms with Crippen molar-refractivity contribution in [2.45, 2.75) is 0 Å². The average molecular weight is 206 g/mol. The number of carbonyl (C=O) groups is 2. The van der Waals surface area contributed by atoms with Gasteiger partial charge in [-0.1, -0.05) is 21.6 Å². The molecule has 0 saturated carbocycles. The second kappa shape index (κ2) is 5.31. The standard InChI is InChI=1S/C6H10N2O2S2/c9-5-3-11-12-4-6(10)8-2-1-7-5/h1-4H2,(H,7,9)(H,8,10). The smallest absolute Gasteiger partial charge is 0.230 e. The Kier molecular flexibility index (Phi) is 4.31. The van der Waals surface area contributed by atoms with Crippen molar-refractivity contribution in [2.75, 3.05) is 24.6 Å². The Labute approximate surface area is 78.6 Å². The van der Waals surface area contributed by atoms with Gasteiger partial charge in [0, 0.05) is 13.1 Å². The fourth-order valence-electron chi connectivity index (χ4n) is 0.696. The van der Waals surface area contributed by atoms with Crippen LogP contribution in [0.15, 0.2) is 0 Å². The first-order chi connectivity index (χ1) is 5.79. The lowest BCUT2D eigenvalue weighted by atomic mass is 10.5. The lowest BCUT2D eigenvalue weighted by Crippen LogP contribution is -2.36. The molecular weight excluding hydrogens is 196 g/mol. The molecule has 1 aliphatic heterocycles. The van der Waals surface area contributed by atoms with E-state index in [-0.39, 0.29) is 11.8 Å². The molecule has 4 nitrogen and oxygen atoms in total. The molecule has 1 heterocycles. The minimum Gasteiger partial charge on any atom is -0.354 e. The van der Waals surface area contributed by atoms with Gasteiger partial charge in [0.25, 0.3) is 0 Å². The maximum Gasteiger partial charge on any atom is 0.230 e. The monoisotopic (exact) mass is 206 g/mol. The average Bonchev–Trinajstić information content (AvgIpc) is 2.06. The Hall–Kier alpha value is -0.360. The van der Waals surface area contributed by atoms with Crippen LogP contribution in [0, 0.1) is 0 Å². The first-order valence-electron chi connectivity index (χ1n) is 3.57. The Morgan fingerprint density at radius 1 is 0.917 bits per heavy atom. The molecule has 0 aliphatic carbocycles. The Bertz CT molecular complexity index is 150. The number of carbonyl (C=O) groups excluding carboxylic acids is 2. The molecule has 0 aromatic rings. The van der Waals surface area contributed by atoms with Crippen molar-refractivity contribution in [3.63, 3.8) is 0 Å². The maximum atomic E-state index is 10.9. The van der Waals surface area contributed by atoms with Gasteiger partial charge in [0.1, 0.15) is 0 Å². The van der Waals surface area contributed by atoms with E-state index in [9.17, 15) is 9.59 Å². The summed E-state index contributed by atoms with van der Waals surface area (Å²) >= 11 is 0. The number of hydrogen-bond acceptors (Lipinski definition) is 4. The summed E-state index contributed by atoms with van der Waals surface area (Å²) < 4.78 is 0. The van der Waals surface area contributed by atoms with E-state index in [4.69, 9.17) is 0 Å². The summed E-state index contributed by atoms with van der Waals surface area (Å²) in [5.41, 5.74) is 0. The van der Waals surface area contributed by atoms with Crippen molar-refractivity contribution in [2.24, 2.45) is 0 Å². The van der Waals surface area contributed by atoms with E-state index in [0.29, 0.717) is 24.6 Å². The molecule has 1 fully saturated rings. The van der Waals surface area contributed by atoms with E-state index >= 15 is 0 Å². The highest BCUT2D eigenvalue weighted by Crippen LogP contribution is 2.20. The van der Waals surface area contributed by atoms with E-state index in [2.05, 4.69) is 10.6 Å². The molecule has 0 spiro atoms. The first kappa shape index (κ1) is 9.73. The zero-order chi connectivity index (χ0) is 8.81. The summed E-state index contributed by atoms with van der Waals surface area (Å²) in [6.07, 6.45) is 0. The summed E-state index contributed by atoms with van der Waals surface area (Å²) in [4.78, 5) is 21.8. The van der Waals surface area contributed by atoms with Crippen LogP contribution in [0.2, 0.25) is 0 Å². The number of amides is 2. The highest BCUT2D eigenvalue weighted by atomic mass is 33.1. The predicted molar refractivity (Wildman–Crippen MR) is 50.9 cm³/mol. The normalized spacial score (nSPS) is 21.0. The van der Waals surface area contributed by atoms with Crippen LogP contribution in [0.1, 0.15) is 0 Å². The van der Waals surface area contributed by atoms with Gasteiger partial charge in [0.05, 0.1) is 11.5 Å². The van der Waals surface area contributed by atoms with Gasteiger partial charge in [-0.25, -0.2) is 0 Å². The highest BCUT2D eigenvalue weighted by Gasteiger charge is 2.06. The quantitative estimate of drug-likeness (QED) is 0.530. The van der Waals surface area contributed by atoms with Gasteiger partial charge in [-0.15, -0.1) is 0 Å². The van der Waals surface area contributed by atoms with Gasteiger partial charge in [-0.05, 0) is 0 Å². The van der Waals surface area contributed by atoms with Crippen molar-refractivity contribution in [1.29, 1.82) is 0 Å². The van der Waals surface area contributed by atoms with Crippen molar-refractivity contribution in [3.8, 4) is 0 Å². The molecular formula is C6H10N2O2S2. The van der Waals surface area contributed by atoms with Crippen LogP contribution < -0.4 is 10.6 Å². The largest absolute Gasteiger partial charge is 0.354 e. The molecule has 1 aliphatic rings. The number of nitrogens with one attached hydrogen (secondary N) is 2. The first-order valence-corrected chi connectivity index (χ1v) is 6.05. The van der Waals surface area contributed by atoms with E-state index in [1.165, 1.54) is 21.6 Å². The Morgan fingerprint density at radius 2 is 1.33 bits per heavy atom. The zero-order valence-corrected chi connectivity index (χ0v) is 8.09.